The third kappa shape index (κ3) is 5.34. The summed E-state index contributed by atoms with van der Waals surface area (Å²) in [6, 6.07) is 0. The highest BCUT2D eigenvalue weighted by Crippen LogP contribution is 2.30. The molecule has 0 aromatic heterocycles. The Hall–Kier alpha value is 1.24. The van der Waals surface area contributed by atoms with Gasteiger partial charge in [0, 0.05) is 0 Å². The SMILES string of the molecule is CN1[Si](C)(C)N[SiH2]N[SiH2]N[Si](C)(C)N(C)[Si](C)(C)N(C)[Si](C)(C)N(C)[Si]1(C)C. The van der Waals surface area contributed by atoms with Gasteiger partial charge in [-0.25, -0.2) is 0 Å². The van der Waals surface area contributed by atoms with Crippen LogP contribution in [-0.2, 0) is 0 Å². The molecule has 7 nitrogen and oxygen atoms in total. The summed E-state index contributed by atoms with van der Waals surface area (Å²) in [7, 11) is 0.258. The summed E-state index contributed by atoms with van der Waals surface area (Å²) in [5.74, 6) is 0. The highest BCUT2D eigenvalue weighted by Gasteiger charge is 2.53. The quantitative estimate of drug-likeness (QED) is 0.396. The van der Waals surface area contributed by atoms with E-state index in [1.807, 2.05) is 0 Å². The Bertz CT molecular complexity index is 500. The van der Waals surface area contributed by atoms with Crippen LogP contribution in [0.4, 0.5) is 0 Å². The van der Waals surface area contributed by atoms with E-state index in [0.717, 1.165) is 0 Å². The van der Waals surface area contributed by atoms with Gasteiger partial charge in [-0.1, -0.05) is 0 Å². The largest absolute Gasteiger partial charge is 0.346 e. The summed E-state index contributed by atoms with van der Waals surface area (Å²) in [4.78, 5) is 0. The molecule has 0 aromatic carbocycles. The summed E-state index contributed by atoms with van der Waals surface area (Å²) in [5.41, 5.74) is 0. The van der Waals surface area contributed by atoms with Crippen molar-refractivity contribution in [2.45, 2.75) is 65.5 Å². The van der Waals surface area contributed by atoms with Crippen molar-refractivity contribution in [3.63, 3.8) is 0 Å². The molecule has 1 fully saturated rings. The van der Waals surface area contributed by atoms with Crippen LogP contribution in [0.15, 0.2) is 0 Å². The topological polar surface area (TPSA) is 49.1 Å². The van der Waals surface area contributed by atoms with Gasteiger partial charge in [-0.2, -0.15) is 0 Å². The van der Waals surface area contributed by atoms with Crippen LogP contribution in [-0.4, -0.2) is 107 Å². The number of nitrogens with one attached hydrogen (secondary N) is 3. The van der Waals surface area contributed by atoms with Crippen LogP contribution in [0, 0.1) is 0 Å². The molecule has 28 heavy (non-hydrogen) atoms. The molecule has 0 atom stereocenters. The van der Waals surface area contributed by atoms with Gasteiger partial charge >= 0.3 is 0 Å². The first-order valence-electron chi connectivity index (χ1n) is 10.5. The molecule has 0 bridgehead atoms. The van der Waals surface area contributed by atoms with Gasteiger partial charge in [0.2, 0.25) is 0 Å². The number of rotatable bonds is 0. The van der Waals surface area contributed by atoms with Crippen molar-refractivity contribution < 1.29 is 0 Å². The smallest absolute Gasteiger partial charge is 0.188 e. The highest BCUT2D eigenvalue weighted by atomic mass is 28.5. The summed E-state index contributed by atoms with van der Waals surface area (Å²) < 4.78 is 23.3. The Morgan fingerprint density at radius 1 is 0.464 bits per heavy atom. The molecule has 3 N–H and O–H groups in total. The van der Waals surface area contributed by atoms with Gasteiger partial charge in [0.1, 0.15) is 0 Å². The second kappa shape index (κ2) is 9.00. The predicted molar refractivity (Wildman–Crippen MR) is 145 cm³/mol. The molecule has 0 aromatic rings. The van der Waals surface area contributed by atoms with Crippen LogP contribution in [0.5, 0.6) is 0 Å². The maximum atomic E-state index is 4.04. The molecule has 1 heterocycles. The first kappa shape index (κ1) is 27.3. The van der Waals surface area contributed by atoms with Gasteiger partial charge in [-0.15, -0.1) is 0 Å². The van der Waals surface area contributed by atoms with Crippen molar-refractivity contribution in [3.8, 4) is 0 Å². The summed E-state index contributed by atoms with van der Waals surface area (Å²) in [6.07, 6.45) is 0. The van der Waals surface area contributed by atoms with Crippen LogP contribution in [0.2, 0.25) is 65.5 Å². The van der Waals surface area contributed by atoms with Crippen LogP contribution in [0.3, 0.4) is 0 Å². The molecule has 14 heteroatoms. The third-order valence-electron chi connectivity index (χ3n) is 7.89. The van der Waals surface area contributed by atoms with Crippen molar-refractivity contribution >= 4 is 61.7 Å². The molecular weight excluding hydrogens is 463 g/mol. The fraction of sp³-hybridized carbons (Fsp3) is 1.00. The van der Waals surface area contributed by atoms with E-state index < -0.39 is 61.7 Å². The van der Waals surface area contributed by atoms with Gasteiger partial charge in [0.05, 0.1) is 0 Å². The lowest BCUT2D eigenvalue weighted by Gasteiger charge is -2.59. The minimum Gasteiger partial charge on any atom is -0.346 e. The minimum atomic E-state index is -1.78. The van der Waals surface area contributed by atoms with Gasteiger partial charge in [0.15, 0.2) is 61.7 Å². The van der Waals surface area contributed by atoms with Crippen molar-refractivity contribution in [2.75, 3.05) is 28.2 Å². The third-order valence-corrected chi connectivity index (χ3v) is 44.6. The monoisotopic (exact) mass is 511 g/mol. The molecule has 1 saturated heterocycles. The van der Waals surface area contributed by atoms with Gasteiger partial charge in [-0.05, 0) is 93.7 Å². The van der Waals surface area contributed by atoms with E-state index in [1.54, 1.807) is 0 Å². The lowest BCUT2D eigenvalue weighted by atomic mass is 11.5. The van der Waals surface area contributed by atoms with Crippen molar-refractivity contribution in [3.05, 3.63) is 0 Å². The Labute approximate surface area is 185 Å². The fourth-order valence-corrected chi connectivity index (χ4v) is 41.4. The average molecular weight is 512 g/mol. The normalized spacial score (nSPS) is 32.4. The summed E-state index contributed by atoms with van der Waals surface area (Å²) >= 11 is 0. The molecule has 1 aliphatic heterocycles. The molecule has 0 radical (unpaired) electrons. The fourth-order valence-electron chi connectivity index (χ4n) is 4.24. The van der Waals surface area contributed by atoms with E-state index in [-0.39, 0.29) is 0 Å². The Balaban J connectivity index is 3.45. The zero-order valence-corrected chi connectivity index (χ0v) is 29.0. The minimum absolute atomic E-state index is 0.427. The Morgan fingerprint density at radius 2 is 0.714 bits per heavy atom. The highest BCUT2D eigenvalue weighted by molar-refractivity contribution is 7.01. The molecule has 1 rings (SSSR count). The van der Waals surface area contributed by atoms with Gasteiger partial charge < -0.3 is 30.9 Å². The molecule has 0 unspecified atom stereocenters. The first-order valence-corrected chi connectivity index (χ1v) is 27.9. The second-order valence-corrected chi connectivity index (χ2v) is 38.7. The van der Waals surface area contributed by atoms with E-state index in [4.69, 9.17) is 0 Å². The molecule has 0 aliphatic carbocycles. The first-order chi connectivity index (χ1) is 12.3. The summed E-state index contributed by atoms with van der Waals surface area (Å²) in [5, 5.41) is 0. The van der Waals surface area contributed by atoms with Crippen molar-refractivity contribution in [2.24, 2.45) is 0 Å². The molecule has 0 saturated carbocycles. The zero-order chi connectivity index (χ0) is 22.3. The molecule has 0 amide bonds. The molecule has 168 valence electrons. The van der Waals surface area contributed by atoms with Gasteiger partial charge in [-0.3, -0.25) is 0 Å². The number of nitrogens with zero attached hydrogens (tertiary/aromatic N) is 4. The van der Waals surface area contributed by atoms with E-state index in [9.17, 15) is 0 Å². The van der Waals surface area contributed by atoms with Crippen LogP contribution in [0.1, 0.15) is 0 Å². The lowest BCUT2D eigenvalue weighted by molar-refractivity contribution is 0.534. The number of hydrogen-bond acceptors (Lipinski definition) is 7. The Morgan fingerprint density at radius 3 is 1.00 bits per heavy atom. The van der Waals surface area contributed by atoms with Crippen molar-refractivity contribution in [1.29, 1.82) is 0 Å². The molecule has 0 spiro atoms. The Kier molecular flexibility index (Phi) is 8.77. The van der Waals surface area contributed by atoms with Crippen LogP contribution >= 0.6 is 0 Å². The molecule has 1 aliphatic rings. The van der Waals surface area contributed by atoms with Crippen LogP contribution in [0.25, 0.3) is 0 Å². The molecular formula is C14H49N7Si7. The summed E-state index contributed by atoms with van der Waals surface area (Å²) in [6.45, 7) is 25.3. The maximum absolute atomic E-state index is 4.04. The van der Waals surface area contributed by atoms with Gasteiger partial charge in [0.25, 0.3) is 0 Å². The predicted octanol–water partition coefficient (Wildman–Crippen LogP) is 0.00260. The maximum Gasteiger partial charge on any atom is 0.188 e. The lowest BCUT2D eigenvalue weighted by Crippen LogP contribution is -2.83. The standard InChI is InChI=1S/C14H49N7Si7/c1-18-24(5,6)16-22-15-23-17-25(7,8)19(2)27(11,12)21(4)28(13,14)20(3)26(18,9)10/h15-17H,22-23H2,1-14H3. The van der Waals surface area contributed by atoms with E-state index >= 15 is 0 Å². The van der Waals surface area contributed by atoms with E-state index in [2.05, 4.69) is 125 Å². The second-order valence-electron chi connectivity index (χ2n) is 10.8. The zero-order valence-electron chi connectivity index (χ0n) is 21.2. The van der Waals surface area contributed by atoms with Crippen LogP contribution < -0.4 is 13.9 Å². The average Bonchev–Trinajstić information content (AvgIpc) is 2.57. The van der Waals surface area contributed by atoms with Crippen molar-refractivity contribution in [1.82, 2.24) is 30.9 Å². The van der Waals surface area contributed by atoms with E-state index in [0.29, 0.717) is 0 Å². The van der Waals surface area contributed by atoms with E-state index in [1.165, 1.54) is 0 Å². The number of hydrogen-bond donors (Lipinski definition) is 3.